The molecule has 2 atom stereocenters. The van der Waals surface area contributed by atoms with E-state index in [2.05, 4.69) is 5.32 Å². The van der Waals surface area contributed by atoms with Crippen molar-refractivity contribution in [3.63, 3.8) is 0 Å². The van der Waals surface area contributed by atoms with E-state index in [9.17, 15) is 14.4 Å². The first kappa shape index (κ1) is 16.8. The molecule has 2 N–H and O–H groups in total. The summed E-state index contributed by atoms with van der Waals surface area (Å²) in [5.41, 5.74) is 0.641. The number of rotatable bonds is 6. The Balaban J connectivity index is 1.95. The lowest BCUT2D eigenvalue weighted by Crippen LogP contribution is -2.46. The second-order valence-corrected chi connectivity index (χ2v) is 5.51. The van der Waals surface area contributed by atoms with Crippen molar-refractivity contribution in [1.29, 1.82) is 0 Å². The number of nitrogens with zero attached hydrogens (tertiary/aromatic N) is 1. The molecule has 2 amide bonds. The van der Waals surface area contributed by atoms with E-state index in [-0.39, 0.29) is 31.3 Å². The first-order valence-corrected chi connectivity index (χ1v) is 7.46. The van der Waals surface area contributed by atoms with Crippen LogP contribution in [-0.2, 0) is 14.4 Å². The predicted molar refractivity (Wildman–Crippen MR) is 83.3 cm³/mol. The van der Waals surface area contributed by atoms with E-state index in [4.69, 9.17) is 9.84 Å². The summed E-state index contributed by atoms with van der Waals surface area (Å²) >= 11 is 0. The highest BCUT2D eigenvalue weighted by molar-refractivity contribution is 6.00. The smallest absolute Gasteiger partial charge is 0.308 e. The van der Waals surface area contributed by atoms with E-state index in [1.165, 1.54) is 11.8 Å². The summed E-state index contributed by atoms with van der Waals surface area (Å²) in [6, 6.07) is 7.16. The number of ether oxygens (including phenoxy) is 1. The highest BCUT2D eigenvalue weighted by Crippen LogP contribution is 2.33. The van der Waals surface area contributed by atoms with Gasteiger partial charge in [0.25, 0.3) is 5.91 Å². The Morgan fingerprint density at radius 1 is 1.39 bits per heavy atom. The van der Waals surface area contributed by atoms with Gasteiger partial charge in [-0.25, -0.2) is 0 Å². The van der Waals surface area contributed by atoms with Crippen LogP contribution in [0.5, 0.6) is 5.75 Å². The van der Waals surface area contributed by atoms with Crippen LogP contribution < -0.4 is 15.0 Å². The number of para-hydroxylation sites is 2. The summed E-state index contributed by atoms with van der Waals surface area (Å²) in [5.74, 6) is -1.49. The van der Waals surface area contributed by atoms with Gasteiger partial charge in [-0.1, -0.05) is 19.1 Å². The van der Waals surface area contributed by atoms with Crippen molar-refractivity contribution in [2.75, 3.05) is 18.0 Å². The highest BCUT2D eigenvalue weighted by atomic mass is 16.5. The van der Waals surface area contributed by atoms with Gasteiger partial charge in [0.05, 0.1) is 11.6 Å². The zero-order valence-corrected chi connectivity index (χ0v) is 13.1. The third kappa shape index (κ3) is 4.00. The Kier molecular flexibility index (Phi) is 5.20. The fraction of sp³-hybridized carbons (Fsp3) is 0.438. The molecule has 1 aliphatic rings. The molecule has 7 nitrogen and oxygen atoms in total. The van der Waals surface area contributed by atoms with Crippen LogP contribution in [0.2, 0.25) is 0 Å². The number of carboxylic acid groups (broad SMARTS) is 1. The van der Waals surface area contributed by atoms with Crippen LogP contribution in [0.4, 0.5) is 5.69 Å². The van der Waals surface area contributed by atoms with E-state index < -0.39 is 18.0 Å². The van der Waals surface area contributed by atoms with Crippen molar-refractivity contribution in [2.45, 2.75) is 26.4 Å². The lowest BCUT2D eigenvalue weighted by atomic mass is 10.1. The summed E-state index contributed by atoms with van der Waals surface area (Å²) in [4.78, 5) is 36.3. The van der Waals surface area contributed by atoms with Gasteiger partial charge in [-0.15, -0.1) is 0 Å². The molecule has 0 fully saturated rings. The zero-order chi connectivity index (χ0) is 17.0. The summed E-state index contributed by atoms with van der Waals surface area (Å²) in [6.07, 6.45) is -0.501. The number of nitrogens with one attached hydrogen (secondary N) is 1. The molecule has 0 bridgehead atoms. The Morgan fingerprint density at radius 3 is 2.78 bits per heavy atom. The maximum Gasteiger partial charge on any atom is 0.308 e. The van der Waals surface area contributed by atoms with Gasteiger partial charge in [0.2, 0.25) is 5.91 Å². The van der Waals surface area contributed by atoms with Crippen LogP contribution in [0.15, 0.2) is 24.3 Å². The minimum absolute atomic E-state index is 0.0677. The van der Waals surface area contributed by atoms with E-state index in [0.717, 1.165) is 0 Å². The van der Waals surface area contributed by atoms with Gasteiger partial charge in [-0.3, -0.25) is 14.4 Å². The number of benzene rings is 1. The largest absolute Gasteiger partial charge is 0.481 e. The number of hydrogen-bond donors (Lipinski definition) is 2. The van der Waals surface area contributed by atoms with Crippen LogP contribution in [0.3, 0.4) is 0 Å². The number of aliphatic carboxylic acids is 1. The molecule has 1 aromatic rings. The average Bonchev–Trinajstić information content (AvgIpc) is 2.52. The van der Waals surface area contributed by atoms with Crippen molar-refractivity contribution in [1.82, 2.24) is 5.32 Å². The predicted octanol–water partition coefficient (Wildman–Crippen LogP) is 1.03. The molecule has 0 radical (unpaired) electrons. The zero-order valence-electron chi connectivity index (χ0n) is 13.1. The molecule has 7 heteroatoms. The Hall–Kier alpha value is -2.57. The first-order chi connectivity index (χ1) is 10.9. The number of carboxylic acids is 1. The van der Waals surface area contributed by atoms with E-state index in [1.54, 1.807) is 25.1 Å². The molecule has 1 heterocycles. The van der Waals surface area contributed by atoms with Crippen LogP contribution in [0, 0.1) is 5.92 Å². The SMILES string of the molecule is CC(CNC(=O)CCN1C(=O)C(C)Oc2ccccc21)C(=O)O. The van der Waals surface area contributed by atoms with Crippen LogP contribution >= 0.6 is 0 Å². The molecule has 1 aromatic carbocycles. The van der Waals surface area contributed by atoms with Crippen molar-refractivity contribution in [2.24, 2.45) is 5.92 Å². The van der Waals surface area contributed by atoms with Gasteiger partial charge >= 0.3 is 5.97 Å². The molecule has 0 spiro atoms. The molecule has 0 saturated carbocycles. The molecular weight excluding hydrogens is 300 g/mol. The first-order valence-electron chi connectivity index (χ1n) is 7.46. The monoisotopic (exact) mass is 320 g/mol. The molecule has 0 aromatic heterocycles. The second kappa shape index (κ2) is 7.13. The molecule has 0 aliphatic carbocycles. The standard InChI is InChI=1S/C16H20N2O5/c1-10(16(21)22)9-17-14(19)7-8-18-12-5-3-4-6-13(12)23-11(2)15(18)20/h3-6,10-11H,7-9H2,1-2H3,(H,17,19)(H,21,22). The molecule has 1 aliphatic heterocycles. The van der Waals surface area contributed by atoms with Gasteiger partial charge in [0.15, 0.2) is 6.10 Å². The minimum atomic E-state index is -0.962. The lowest BCUT2D eigenvalue weighted by molar-refractivity contribution is -0.141. The van der Waals surface area contributed by atoms with Crippen LogP contribution in [-0.4, -0.2) is 42.1 Å². The number of anilines is 1. The third-order valence-corrected chi connectivity index (χ3v) is 3.66. The van der Waals surface area contributed by atoms with E-state index in [1.807, 2.05) is 6.07 Å². The summed E-state index contributed by atoms with van der Waals surface area (Å²) in [6.45, 7) is 3.47. The van der Waals surface area contributed by atoms with Crippen molar-refractivity contribution >= 4 is 23.5 Å². The maximum atomic E-state index is 12.2. The minimum Gasteiger partial charge on any atom is -0.481 e. The number of carbonyl (C=O) groups is 3. The summed E-state index contributed by atoms with van der Waals surface area (Å²) in [7, 11) is 0. The van der Waals surface area contributed by atoms with Gasteiger partial charge in [0, 0.05) is 19.5 Å². The Bertz CT molecular complexity index is 616. The fourth-order valence-corrected chi connectivity index (χ4v) is 2.25. The van der Waals surface area contributed by atoms with Gasteiger partial charge in [-0.2, -0.15) is 0 Å². The molecular formula is C16H20N2O5. The molecule has 2 unspecified atom stereocenters. The van der Waals surface area contributed by atoms with Crippen molar-refractivity contribution in [3.05, 3.63) is 24.3 Å². The number of amides is 2. The Labute approximate surface area is 134 Å². The van der Waals surface area contributed by atoms with Crippen molar-refractivity contribution in [3.8, 4) is 5.75 Å². The molecule has 124 valence electrons. The second-order valence-electron chi connectivity index (χ2n) is 5.51. The maximum absolute atomic E-state index is 12.2. The number of hydrogen-bond acceptors (Lipinski definition) is 4. The highest BCUT2D eigenvalue weighted by Gasteiger charge is 2.31. The van der Waals surface area contributed by atoms with Crippen LogP contribution in [0.1, 0.15) is 20.3 Å². The number of carbonyl (C=O) groups excluding carboxylic acids is 2. The summed E-state index contributed by atoms with van der Waals surface area (Å²) < 4.78 is 5.53. The average molecular weight is 320 g/mol. The van der Waals surface area contributed by atoms with Gasteiger partial charge < -0.3 is 20.1 Å². The van der Waals surface area contributed by atoms with Crippen LogP contribution in [0.25, 0.3) is 0 Å². The molecule has 0 saturated heterocycles. The lowest BCUT2D eigenvalue weighted by Gasteiger charge is -2.32. The summed E-state index contributed by atoms with van der Waals surface area (Å²) in [5, 5.41) is 11.3. The van der Waals surface area contributed by atoms with E-state index in [0.29, 0.717) is 11.4 Å². The third-order valence-electron chi connectivity index (χ3n) is 3.66. The van der Waals surface area contributed by atoms with Gasteiger partial charge in [0.1, 0.15) is 5.75 Å². The molecule has 2 rings (SSSR count). The van der Waals surface area contributed by atoms with E-state index >= 15 is 0 Å². The topological polar surface area (TPSA) is 95.9 Å². The quantitative estimate of drug-likeness (QED) is 0.816. The van der Waals surface area contributed by atoms with Gasteiger partial charge in [-0.05, 0) is 19.1 Å². The fourth-order valence-electron chi connectivity index (χ4n) is 2.25. The van der Waals surface area contributed by atoms with Crippen molar-refractivity contribution < 1.29 is 24.2 Å². The number of fused-ring (bicyclic) bond motifs is 1. The Morgan fingerprint density at radius 2 is 2.09 bits per heavy atom. The molecule has 23 heavy (non-hydrogen) atoms. The normalized spacial score (nSPS) is 17.9.